The van der Waals surface area contributed by atoms with Gasteiger partial charge in [0.1, 0.15) is 0 Å². The van der Waals surface area contributed by atoms with Crippen LogP contribution in [0.3, 0.4) is 0 Å². The lowest BCUT2D eigenvalue weighted by atomic mass is 9.87. The fourth-order valence-corrected chi connectivity index (χ4v) is 5.39. The first-order valence-electron chi connectivity index (χ1n) is 9.88. The van der Waals surface area contributed by atoms with E-state index in [1.54, 1.807) is 0 Å². The Hall–Kier alpha value is -0.340. The van der Waals surface area contributed by atoms with Gasteiger partial charge in [0.25, 0.3) is 0 Å². The molecule has 1 saturated heterocycles. The average molecular weight is 490 g/mol. The SMILES string of the molecule is CN=C(NCC1CCCN(C)C1c1cccs1)NC1CCC(C)CC1.I. The standard InChI is InChI=1S/C20H34N4S.HI/c1-15-8-10-17(11-9-15)23-20(21-2)22-14-16-6-4-12-24(3)19(16)18-7-5-13-25-18;/h5,7,13,15-17,19H,4,6,8-12,14H2,1-3H3,(H2,21,22,23);1H. The molecule has 2 N–H and O–H groups in total. The Balaban J connectivity index is 0.00000243. The lowest BCUT2D eigenvalue weighted by molar-refractivity contribution is 0.125. The van der Waals surface area contributed by atoms with E-state index in [1.165, 1.54) is 49.9 Å². The van der Waals surface area contributed by atoms with Crippen LogP contribution in [0.5, 0.6) is 0 Å². The summed E-state index contributed by atoms with van der Waals surface area (Å²) in [6, 6.07) is 5.59. The molecular weight excluding hydrogens is 455 g/mol. The molecule has 1 aliphatic carbocycles. The molecule has 0 radical (unpaired) electrons. The quantitative estimate of drug-likeness (QED) is 0.371. The molecule has 0 bridgehead atoms. The summed E-state index contributed by atoms with van der Waals surface area (Å²) in [5, 5.41) is 9.48. The van der Waals surface area contributed by atoms with Crippen molar-refractivity contribution in [3.05, 3.63) is 22.4 Å². The maximum absolute atomic E-state index is 4.48. The molecule has 2 heterocycles. The Bertz CT molecular complexity index is 540. The molecule has 3 rings (SSSR count). The largest absolute Gasteiger partial charge is 0.356 e. The van der Waals surface area contributed by atoms with Gasteiger partial charge in [0, 0.05) is 30.6 Å². The van der Waals surface area contributed by atoms with Crippen LogP contribution in [-0.4, -0.2) is 44.1 Å². The highest BCUT2D eigenvalue weighted by Crippen LogP contribution is 2.36. The molecule has 148 valence electrons. The van der Waals surface area contributed by atoms with Crippen LogP contribution < -0.4 is 10.6 Å². The second-order valence-corrected chi connectivity index (χ2v) is 8.88. The van der Waals surface area contributed by atoms with E-state index in [1.807, 2.05) is 18.4 Å². The predicted octanol–water partition coefficient (Wildman–Crippen LogP) is 4.49. The average Bonchev–Trinajstić information content (AvgIpc) is 3.14. The van der Waals surface area contributed by atoms with Crippen LogP contribution in [0.2, 0.25) is 0 Å². The van der Waals surface area contributed by atoms with Gasteiger partial charge < -0.3 is 10.6 Å². The topological polar surface area (TPSA) is 39.7 Å². The fourth-order valence-electron chi connectivity index (χ4n) is 4.40. The summed E-state index contributed by atoms with van der Waals surface area (Å²) < 4.78 is 0. The summed E-state index contributed by atoms with van der Waals surface area (Å²) in [7, 11) is 4.16. The molecule has 2 unspecified atom stereocenters. The van der Waals surface area contributed by atoms with Gasteiger partial charge in [-0.05, 0) is 75.4 Å². The van der Waals surface area contributed by atoms with Gasteiger partial charge in [-0.3, -0.25) is 9.89 Å². The van der Waals surface area contributed by atoms with Crippen molar-refractivity contribution in [2.45, 2.75) is 57.5 Å². The molecule has 0 aromatic carbocycles. The molecule has 0 amide bonds. The number of thiophene rings is 1. The van der Waals surface area contributed by atoms with Crippen LogP contribution >= 0.6 is 35.3 Å². The molecule has 2 aliphatic rings. The third-order valence-electron chi connectivity index (χ3n) is 5.95. The second-order valence-electron chi connectivity index (χ2n) is 7.90. The van der Waals surface area contributed by atoms with Crippen molar-refractivity contribution in [1.29, 1.82) is 0 Å². The Morgan fingerprint density at radius 1 is 1.27 bits per heavy atom. The van der Waals surface area contributed by atoms with Crippen molar-refractivity contribution in [3.8, 4) is 0 Å². The normalized spacial score (nSPS) is 30.5. The van der Waals surface area contributed by atoms with E-state index >= 15 is 0 Å². The van der Waals surface area contributed by atoms with Crippen molar-refractivity contribution in [2.24, 2.45) is 16.8 Å². The van der Waals surface area contributed by atoms with E-state index in [0.29, 0.717) is 18.0 Å². The number of piperidine rings is 1. The molecular formula is C20H35IN4S. The predicted molar refractivity (Wildman–Crippen MR) is 124 cm³/mol. The van der Waals surface area contributed by atoms with Gasteiger partial charge in [-0.15, -0.1) is 35.3 Å². The zero-order chi connectivity index (χ0) is 17.6. The Labute approximate surface area is 180 Å². The van der Waals surface area contributed by atoms with Gasteiger partial charge in [-0.1, -0.05) is 13.0 Å². The number of halogens is 1. The fraction of sp³-hybridized carbons (Fsp3) is 0.750. The summed E-state index contributed by atoms with van der Waals surface area (Å²) >= 11 is 1.89. The van der Waals surface area contributed by atoms with Gasteiger partial charge >= 0.3 is 0 Å². The van der Waals surface area contributed by atoms with Crippen LogP contribution in [-0.2, 0) is 0 Å². The minimum absolute atomic E-state index is 0. The van der Waals surface area contributed by atoms with Crippen molar-refractivity contribution < 1.29 is 0 Å². The van der Waals surface area contributed by atoms with Crippen LogP contribution in [0.1, 0.15) is 56.4 Å². The molecule has 0 spiro atoms. The molecule has 26 heavy (non-hydrogen) atoms. The maximum atomic E-state index is 4.48. The first kappa shape index (κ1) is 22.0. The molecule has 1 saturated carbocycles. The van der Waals surface area contributed by atoms with Gasteiger partial charge in [0.05, 0.1) is 0 Å². The van der Waals surface area contributed by atoms with Crippen LogP contribution in [0.4, 0.5) is 0 Å². The van der Waals surface area contributed by atoms with Gasteiger partial charge in [0.2, 0.25) is 0 Å². The highest BCUT2D eigenvalue weighted by molar-refractivity contribution is 14.0. The number of hydrogen-bond acceptors (Lipinski definition) is 3. The minimum Gasteiger partial charge on any atom is -0.356 e. The lowest BCUT2D eigenvalue weighted by Crippen LogP contribution is -2.48. The van der Waals surface area contributed by atoms with Crippen molar-refractivity contribution in [3.63, 3.8) is 0 Å². The van der Waals surface area contributed by atoms with Gasteiger partial charge in [0.15, 0.2) is 5.96 Å². The zero-order valence-electron chi connectivity index (χ0n) is 16.4. The number of guanidine groups is 1. The molecule has 2 atom stereocenters. The third kappa shape index (κ3) is 5.83. The van der Waals surface area contributed by atoms with E-state index in [2.05, 4.69) is 52.0 Å². The smallest absolute Gasteiger partial charge is 0.191 e. The van der Waals surface area contributed by atoms with Crippen molar-refractivity contribution in [1.82, 2.24) is 15.5 Å². The number of likely N-dealkylation sites (tertiary alicyclic amines) is 1. The van der Waals surface area contributed by atoms with Crippen molar-refractivity contribution in [2.75, 3.05) is 27.2 Å². The van der Waals surface area contributed by atoms with Gasteiger partial charge in [-0.25, -0.2) is 0 Å². The minimum atomic E-state index is 0. The number of nitrogens with zero attached hydrogens (tertiary/aromatic N) is 2. The summed E-state index contributed by atoms with van der Waals surface area (Å²) in [6.45, 7) is 4.57. The Morgan fingerprint density at radius 2 is 2.04 bits per heavy atom. The van der Waals surface area contributed by atoms with E-state index in [-0.39, 0.29) is 24.0 Å². The second kappa shape index (κ2) is 10.9. The first-order valence-corrected chi connectivity index (χ1v) is 10.8. The Morgan fingerprint density at radius 3 is 2.69 bits per heavy atom. The highest BCUT2D eigenvalue weighted by Gasteiger charge is 2.31. The monoisotopic (exact) mass is 490 g/mol. The number of hydrogen-bond donors (Lipinski definition) is 2. The Kier molecular flexibility index (Phi) is 9.17. The zero-order valence-corrected chi connectivity index (χ0v) is 19.6. The first-order chi connectivity index (χ1) is 12.2. The summed E-state index contributed by atoms with van der Waals surface area (Å²) in [6.07, 6.45) is 7.79. The molecule has 2 fully saturated rings. The molecule has 1 aromatic heterocycles. The summed E-state index contributed by atoms with van der Waals surface area (Å²) in [5.74, 6) is 2.51. The van der Waals surface area contributed by atoms with Crippen LogP contribution in [0.25, 0.3) is 0 Å². The van der Waals surface area contributed by atoms with E-state index in [0.717, 1.165) is 18.4 Å². The highest BCUT2D eigenvalue weighted by atomic mass is 127. The lowest BCUT2D eigenvalue weighted by Gasteiger charge is -2.39. The van der Waals surface area contributed by atoms with E-state index < -0.39 is 0 Å². The number of aliphatic imine (C=N–C) groups is 1. The molecule has 6 heteroatoms. The van der Waals surface area contributed by atoms with Crippen LogP contribution in [0, 0.1) is 11.8 Å². The summed E-state index contributed by atoms with van der Waals surface area (Å²) in [4.78, 5) is 8.50. The van der Waals surface area contributed by atoms with E-state index in [4.69, 9.17) is 0 Å². The number of rotatable bonds is 4. The van der Waals surface area contributed by atoms with Crippen LogP contribution in [0.15, 0.2) is 22.5 Å². The number of nitrogens with one attached hydrogen (secondary N) is 2. The van der Waals surface area contributed by atoms with Crippen molar-refractivity contribution >= 4 is 41.3 Å². The maximum Gasteiger partial charge on any atom is 0.191 e. The van der Waals surface area contributed by atoms with Gasteiger partial charge in [-0.2, -0.15) is 0 Å². The molecule has 1 aliphatic heterocycles. The molecule has 4 nitrogen and oxygen atoms in total. The molecule has 1 aromatic rings. The van der Waals surface area contributed by atoms with E-state index in [9.17, 15) is 0 Å². The summed E-state index contributed by atoms with van der Waals surface area (Å²) in [5.41, 5.74) is 0. The third-order valence-corrected chi connectivity index (χ3v) is 6.90.